The van der Waals surface area contributed by atoms with Crippen LogP contribution in [0.15, 0.2) is 10.1 Å². The molecule has 9 heterocycles. The number of carboxylic acid groups (broad SMARTS) is 1. The van der Waals surface area contributed by atoms with E-state index in [1.807, 2.05) is 0 Å². The van der Waals surface area contributed by atoms with Gasteiger partial charge < -0.3 is 280 Å². The molecule has 0 aromatic heterocycles. The first kappa shape index (κ1) is 125. The fraction of sp³-hybridized carbons (Fsp3) is 0.915. The monoisotopic (exact) mass is 2160 g/mol. The van der Waals surface area contributed by atoms with Crippen LogP contribution < -0.4 is 26.6 Å². The molecule has 0 spiro atoms. The molecular formula is C82H139N9O57. The van der Waals surface area contributed by atoms with E-state index >= 15 is 0 Å². The summed E-state index contributed by atoms with van der Waals surface area (Å²) in [6.07, 6.45) is -101. The number of hydrogen-bond acceptors (Lipinski definition) is 58. The van der Waals surface area contributed by atoms with Crippen LogP contribution in [-0.2, 0) is 124 Å². The molecule has 5 amide bonds. The highest BCUT2D eigenvalue weighted by Gasteiger charge is 2.63. The first-order chi connectivity index (χ1) is 70.0. The van der Waals surface area contributed by atoms with Gasteiger partial charge in [-0.3, -0.25) is 24.0 Å². The highest BCUT2D eigenvalue weighted by atomic mass is 16.8. The van der Waals surface area contributed by atoms with Gasteiger partial charge in [0.25, 0.3) is 17.5 Å². The standard InChI is InChI=1S/C82H139N9O57/c1-26(99)86-43-33(105)16-81(147-67(43)49(110)35(107)18-93,79(126)84-8-12-129-14-15-130-13-9-85-91-83)132-24-41-52(113)57(118)60(121)76(139-41)144-66-40(23-98)138-75(46(55(66)116)89-29(4)102)146-70-59(120)51(112)37(20-95)135-78(70)142-63(62(123)71(124)141-64-38(21-96)136-73-47(56(64)117)90-30(5)134-73)32(104)7-11-131-72(125)69(48(109)31(103)6-10-92)145-74-45(88-28(3)101)54(115)65(39(22-97)137-74)143-77-61(122)58(119)53(114)42(140-77)25-133-82(80(127)128)17-34(106)44(87-27(2)100)68(148-82)50(111)36(108)19-94/h31-78,92-98,103-125H,6-25H2,1-5H3,(H,84,126)(H,86,99)(H,87,100)(H,88,101)(H,89,102)(H,127,128)/t31-,32-,33-,34-,35-,36-,37+,38?,39?,40?,41?,42?,43-,44-,45?,46?,47?,48?,49-,50-,51-,52+,53+,54-,55-,56-,57+,58+,59?,60?,61?,62?,63+,64-,65-,66-,67?,68?,69-,70?,71+,72-,73+,74+,75+,76+,77+,78-,81-,82-/m1/s1. The molecule has 8 fully saturated rings. The second-order valence-electron chi connectivity index (χ2n) is 36.3. The maximum Gasteiger partial charge on any atom is 0.364 e. The summed E-state index contributed by atoms with van der Waals surface area (Å²) >= 11 is 0. The van der Waals surface area contributed by atoms with Gasteiger partial charge in [0, 0.05) is 72.1 Å². The Hall–Kier alpha value is -6.36. The molecule has 0 aromatic carbocycles. The molecule has 9 rings (SSSR count). The van der Waals surface area contributed by atoms with Crippen LogP contribution in [0.3, 0.4) is 0 Å². The third-order valence-electron chi connectivity index (χ3n) is 25.6. The summed E-state index contributed by atoms with van der Waals surface area (Å²) < 4.78 is 116. The number of rotatable bonds is 55. The number of carbonyl (C=O) groups is 6. The minimum atomic E-state index is -3.10. The molecule has 16 unspecified atom stereocenters. The highest BCUT2D eigenvalue weighted by molar-refractivity contribution is 5.84. The van der Waals surface area contributed by atoms with Gasteiger partial charge in [-0.15, -0.1) is 0 Å². The van der Waals surface area contributed by atoms with Gasteiger partial charge in [0.15, 0.2) is 49.9 Å². The van der Waals surface area contributed by atoms with Gasteiger partial charge in [0.2, 0.25) is 29.9 Å². The number of aliphatic imine (C=N–C) groups is 1. The van der Waals surface area contributed by atoms with Crippen LogP contribution in [0.4, 0.5) is 0 Å². The third-order valence-corrected chi connectivity index (χ3v) is 25.6. The van der Waals surface area contributed by atoms with Gasteiger partial charge in [0.1, 0.15) is 207 Å². The summed E-state index contributed by atoms with van der Waals surface area (Å²) in [6, 6.07) is -8.96. The van der Waals surface area contributed by atoms with E-state index < -0.39 is 433 Å². The Morgan fingerprint density at radius 1 is 0.446 bits per heavy atom. The zero-order valence-electron chi connectivity index (χ0n) is 80.1. The average Bonchev–Trinajstić information content (AvgIpc) is 0.990. The lowest BCUT2D eigenvalue weighted by molar-refractivity contribution is -0.383. The van der Waals surface area contributed by atoms with E-state index in [-0.39, 0.29) is 45.4 Å². The van der Waals surface area contributed by atoms with Crippen LogP contribution in [0, 0.1) is 0 Å². The number of aliphatic carboxylic acids is 1. The molecule has 0 bridgehead atoms. The highest BCUT2D eigenvalue weighted by Crippen LogP contribution is 2.42. The average molecular weight is 2160 g/mol. The normalized spacial score (nSPS) is 39.6. The number of aliphatic hydroxyl groups is 30. The maximum atomic E-state index is 14.5. The van der Waals surface area contributed by atoms with Crippen LogP contribution >= 0.6 is 0 Å². The van der Waals surface area contributed by atoms with E-state index in [0.29, 0.717) is 0 Å². The number of fused-ring (bicyclic) bond motifs is 1. The van der Waals surface area contributed by atoms with Crippen LogP contribution in [0.25, 0.3) is 10.4 Å². The molecule has 66 nitrogen and oxygen atoms in total. The first-order valence-electron chi connectivity index (χ1n) is 47.0. The van der Waals surface area contributed by atoms with Gasteiger partial charge >= 0.3 is 5.97 Å². The quantitative estimate of drug-likeness (QED) is 0.00884. The van der Waals surface area contributed by atoms with Crippen molar-refractivity contribution in [2.24, 2.45) is 10.1 Å². The Morgan fingerprint density at radius 2 is 0.892 bits per heavy atom. The van der Waals surface area contributed by atoms with Gasteiger partial charge in [-0.25, -0.2) is 9.79 Å². The van der Waals surface area contributed by atoms with Gasteiger partial charge in [-0.1, -0.05) is 5.11 Å². The van der Waals surface area contributed by atoms with Gasteiger partial charge in [0.05, 0.1) is 122 Å². The van der Waals surface area contributed by atoms with Crippen molar-refractivity contribution in [2.75, 3.05) is 106 Å². The molecule has 66 heteroatoms. The predicted octanol–water partition coefficient (Wildman–Crippen LogP) is -22.0. The Balaban J connectivity index is 0.962. The van der Waals surface area contributed by atoms with Crippen molar-refractivity contribution in [3.05, 3.63) is 10.4 Å². The zero-order valence-corrected chi connectivity index (χ0v) is 80.1. The lowest BCUT2D eigenvalue weighted by atomic mass is 9.88. The summed E-state index contributed by atoms with van der Waals surface area (Å²) in [5, 5.41) is 364. The van der Waals surface area contributed by atoms with E-state index in [9.17, 15) is 187 Å². The van der Waals surface area contributed by atoms with Gasteiger partial charge in [-0.2, -0.15) is 0 Å². The Kier molecular flexibility index (Phi) is 48.5. The van der Waals surface area contributed by atoms with E-state index in [1.165, 1.54) is 6.92 Å². The second-order valence-corrected chi connectivity index (χ2v) is 36.3. The largest absolute Gasteiger partial charge is 0.477 e. The SMILES string of the molecule is CC(=O)NC1[C@H](OC2C(O)[C@H](O)[C@H](CO)O[C@@H]2O[C@H](C(O)[C@@H](O)O[C@@H]2C(CO)O[C@@H]3OC(C)=NC3[C@H]2O)[C@H](O)CCO[C@@H](O)[C@H](O[C@@H]2OC(CO)[C@@H](O[C@@H]3OC(CO[C@]4(C(=O)O)C[C@@H](O)[C@@H](NC(C)=O)C([C@H](O)[C@H](O)CO)O4)[C@H](O)[C@H](O)C3O)[C@H](O)C2NC(C)=O)C(O)[C@H](O)CCO)OC(CO)[C@@H](O[C@@H]2OC(CO[C@]3(C(=O)NCCOCCOCCN=[N+]=[N-])C[C@@H](O)[C@@H](NC(C)=O)C([C@H](O)[C@H](O)CO)O3)[C@H](O)[C@H](O)C2O)[C@@H]1O. The Labute approximate surface area is 839 Å². The Bertz CT molecular complexity index is 4180. The van der Waals surface area contributed by atoms with Crippen molar-refractivity contribution in [2.45, 2.75) is 366 Å². The zero-order chi connectivity index (χ0) is 110. The van der Waals surface area contributed by atoms with Crippen LogP contribution in [0.1, 0.15) is 60.3 Å². The van der Waals surface area contributed by atoms with Crippen LogP contribution in [0.5, 0.6) is 0 Å². The van der Waals surface area contributed by atoms with Gasteiger partial charge in [-0.05, 0) is 18.4 Å². The smallest absolute Gasteiger partial charge is 0.364 e. The van der Waals surface area contributed by atoms with Crippen molar-refractivity contribution < 1.29 is 282 Å². The van der Waals surface area contributed by atoms with Crippen molar-refractivity contribution in [3.63, 3.8) is 0 Å². The summed E-state index contributed by atoms with van der Waals surface area (Å²) in [5.74, 6) is -13.2. The number of aliphatic hydroxyl groups excluding tert-OH is 30. The number of carbonyl (C=O) groups excluding carboxylic acids is 5. The fourth-order valence-electron chi connectivity index (χ4n) is 17.8. The van der Waals surface area contributed by atoms with Crippen molar-refractivity contribution in [1.82, 2.24) is 26.6 Å². The van der Waals surface area contributed by atoms with Crippen LogP contribution in [0.2, 0.25) is 0 Å². The van der Waals surface area contributed by atoms with E-state index in [2.05, 4.69) is 41.6 Å². The molecule has 9 aliphatic rings. The number of hydrogen-bond donors (Lipinski definition) is 36. The summed E-state index contributed by atoms with van der Waals surface area (Å²) in [5.41, 5.74) is 8.51. The fourth-order valence-corrected chi connectivity index (χ4v) is 17.8. The van der Waals surface area contributed by atoms with E-state index in [1.54, 1.807) is 0 Å². The molecule has 9 aliphatic heterocycles. The minimum Gasteiger partial charge on any atom is -0.477 e. The van der Waals surface area contributed by atoms with E-state index in [4.69, 9.17) is 100 Å². The first-order valence-corrected chi connectivity index (χ1v) is 47.0. The predicted molar refractivity (Wildman–Crippen MR) is 465 cm³/mol. The minimum absolute atomic E-state index is 0.000892. The lowest BCUT2D eigenvalue weighted by Crippen LogP contribution is -2.70. The molecule has 36 N–H and O–H groups in total. The topological polar surface area (TPSA) is 1040 Å². The summed E-state index contributed by atoms with van der Waals surface area (Å²) in [4.78, 5) is 85.2. The number of nitrogens with zero attached hydrogens (tertiary/aromatic N) is 4. The molecule has 148 heavy (non-hydrogen) atoms. The van der Waals surface area contributed by atoms with Crippen molar-refractivity contribution in [3.8, 4) is 0 Å². The second kappa shape index (κ2) is 57.4. The van der Waals surface area contributed by atoms with Crippen molar-refractivity contribution >= 4 is 41.4 Å². The lowest BCUT2D eigenvalue weighted by Gasteiger charge is -2.50. The van der Waals surface area contributed by atoms with Crippen LogP contribution in [-0.4, -0.2) is 611 Å². The molecule has 0 aliphatic carbocycles. The molecule has 0 radical (unpaired) electrons. The molecule has 8 saturated heterocycles. The number of amides is 5. The third kappa shape index (κ3) is 30.9. The maximum absolute atomic E-state index is 14.5. The number of azide groups is 1. The Morgan fingerprint density at radius 3 is 1.39 bits per heavy atom. The van der Waals surface area contributed by atoms with E-state index in [0.717, 1.165) is 27.7 Å². The molecule has 0 saturated carbocycles. The number of carboxylic acids is 1. The molecular weight excluding hydrogens is 2020 g/mol. The van der Waals surface area contributed by atoms with Crippen molar-refractivity contribution in [1.29, 1.82) is 0 Å². The number of nitrogens with one attached hydrogen (secondary N) is 5. The molecule has 50 atom stereocenters. The summed E-state index contributed by atoms with van der Waals surface area (Å²) in [7, 11) is 0. The molecule has 0 aromatic rings. The molecule has 854 valence electrons. The number of ether oxygens (including phenoxy) is 20. The summed E-state index contributed by atoms with van der Waals surface area (Å²) in [6.45, 7) is -7.39.